The second kappa shape index (κ2) is 12.2. The SMILES string of the molecule is CC(C)COC(=O)CNC(=O)[C@H](Cc1ccccc1)CN1CCC(C)(c2cccc(O)c2)[C@@H](C)C1. The molecule has 0 radical (unpaired) electrons. The molecule has 190 valence electrons. The van der Waals surface area contributed by atoms with Crippen LogP contribution in [-0.2, 0) is 26.2 Å². The highest BCUT2D eigenvalue weighted by Gasteiger charge is 2.39. The topological polar surface area (TPSA) is 78.9 Å². The van der Waals surface area contributed by atoms with Gasteiger partial charge < -0.3 is 20.1 Å². The molecule has 1 heterocycles. The number of piperidine rings is 1. The Hall–Kier alpha value is -2.86. The van der Waals surface area contributed by atoms with Gasteiger partial charge in [0.25, 0.3) is 0 Å². The second-order valence-electron chi connectivity index (χ2n) is 10.6. The minimum atomic E-state index is -0.404. The van der Waals surface area contributed by atoms with Gasteiger partial charge in [0, 0.05) is 13.1 Å². The maximum Gasteiger partial charge on any atom is 0.325 e. The lowest BCUT2D eigenvalue weighted by Crippen LogP contribution is -2.50. The number of likely N-dealkylation sites (tertiary alicyclic amines) is 1. The van der Waals surface area contributed by atoms with Crippen LogP contribution in [0.1, 0.15) is 45.2 Å². The summed E-state index contributed by atoms with van der Waals surface area (Å²) < 4.78 is 5.21. The van der Waals surface area contributed by atoms with Crippen molar-refractivity contribution in [1.82, 2.24) is 10.2 Å². The van der Waals surface area contributed by atoms with Gasteiger partial charge in [0.15, 0.2) is 0 Å². The van der Waals surface area contributed by atoms with E-state index >= 15 is 0 Å². The van der Waals surface area contributed by atoms with E-state index in [1.807, 2.05) is 56.3 Å². The summed E-state index contributed by atoms with van der Waals surface area (Å²) in [5.74, 6) is 0.109. The Labute approximate surface area is 209 Å². The molecule has 1 amide bonds. The molecular weight excluding hydrogens is 440 g/mol. The molecule has 0 bridgehead atoms. The fraction of sp³-hybridized carbons (Fsp3) is 0.517. The fourth-order valence-corrected chi connectivity index (χ4v) is 4.84. The van der Waals surface area contributed by atoms with Crippen LogP contribution in [0.5, 0.6) is 5.75 Å². The number of benzene rings is 2. The molecule has 1 unspecified atom stereocenters. The Morgan fingerprint density at radius 1 is 1.17 bits per heavy atom. The summed E-state index contributed by atoms with van der Waals surface area (Å²) in [6, 6.07) is 17.6. The summed E-state index contributed by atoms with van der Waals surface area (Å²) in [4.78, 5) is 27.5. The highest BCUT2D eigenvalue weighted by atomic mass is 16.5. The average molecular weight is 481 g/mol. The number of nitrogens with zero attached hydrogens (tertiary/aromatic N) is 1. The number of hydrogen-bond donors (Lipinski definition) is 2. The third-order valence-corrected chi connectivity index (χ3v) is 7.23. The molecule has 1 aliphatic rings. The molecule has 0 aromatic heterocycles. The monoisotopic (exact) mass is 480 g/mol. The number of carbonyl (C=O) groups excluding carboxylic acids is 2. The van der Waals surface area contributed by atoms with Crippen LogP contribution in [0.3, 0.4) is 0 Å². The summed E-state index contributed by atoms with van der Waals surface area (Å²) in [5.41, 5.74) is 2.22. The maximum atomic E-state index is 13.2. The molecule has 1 aliphatic heterocycles. The molecule has 3 rings (SSSR count). The second-order valence-corrected chi connectivity index (χ2v) is 10.6. The fourth-order valence-electron chi connectivity index (χ4n) is 4.84. The zero-order valence-corrected chi connectivity index (χ0v) is 21.5. The molecule has 0 aliphatic carbocycles. The van der Waals surface area contributed by atoms with Gasteiger partial charge in [-0.1, -0.05) is 70.2 Å². The summed E-state index contributed by atoms with van der Waals surface area (Å²) in [7, 11) is 0. The number of nitrogens with one attached hydrogen (secondary N) is 1. The Balaban J connectivity index is 1.65. The first-order chi connectivity index (χ1) is 16.7. The predicted molar refractivity (Wildman–Crippen MR) is 138 cm³/mol. The summed E-state index contributed by atoms with van der Waals surface area (Å²) in [5, 5.41) is 12.8. The van der Waals surface area contributed by atoms with Crippen molar-refractivity contribution in [2.45, 2.75) is 46.0 Å². The van der Waals surface area contributed by atoms with E-state index in [1.54, 1.807) is 6.07 Å². The van der Waals surface area contributed by atoms with Crippen LogP contribution in [0.15, 0.2) is 54.6 Å². The number of ether oxygens (including phenoxy) is 1. The van der Waals surface area contributed by atoms with Gasteiger partial charge in [-0.2, -0.15) is 0 Å². The highest BCUT2D eigenvalue weighted by Crippen LogP contribution is 2.40. The number of hydrogen-bond acceptors (Lipinski definition) is 5. The lowest BCUT2D eigenvalue weighted by atomic mass is 9.68. The Morgan fingerprint density at radius 3 is 2.57 bits per heavy atom. The molecule has 2 N–H and O–H groups in total. The van der Waals surface area contributed by atoms with E-state index in [4.69, 9.17) is 4.74 Å². The summed E-state index contributed by atoms with van der Waals surface area (Å²) in [6.45, 7) is 11.1. The van der Waals surface area contributed by atoms with Crippen molar-refractivity contribution in [2.24, 2.45) is 17.8 Å². The third-order valence-electron chi connectivity index (χ3n) is 7.23. The van der Waals surface area contributed by atoms with Gasteiger partial charge in [-0.15, -0.1) is 0 Å². The molecule has 6 nitrogen and oxygen atoms in total. The third kappa shape index (κ3) is 7.56. The number of amides is 1. The zero-order valence-electron chi connectivity index (χ0n) is 21.5. The number of rotatable bonds is 10. The minimum Gasteiger partial charge on any atom is -0.508 e. The van der Waals surface area contributed by atoms with E-state index in [9.17, 15) is 14.7 Å². The van der Waals surface area contributed by atoms with E-state index in [2.05, 4.69) is 30.1 Å². The largest absolute Gasteiger partial charge is 0.508 e. The number of carbonyl (C=O) groups is 2. The molecular formula is C29H40N2O4. The van der Waals surface area contributed by atoms with E-state index in [0.29, 0.717) is 31.2 Å². The Bertz CT molecular complexity index is 978. The van der Waals surface area contributed by atoms with Crippen LogP contribution in [0.4, 0.5) is 0 Å². The molecule has 0 spiro atoms. The summed E-state index contributed by atoms with van der Waals surface area (Å²) in [6.07, 6.45) is 1.56. The molecule has 6 heteroatoms. The zero-order chi connectivity index (χ0) is 25.4. The van der Waals surface area contributed by atoms with E-state index in [0.717, 1.165) is 30.6 Å². The van der Waals surface area contributed by atoms with Crippen molar-refractivity contribution in [3.63, 3.8) is 0 Å². The van der Waals surface area contributed by atoms with Crippen molar-refractivity contribution >= 4 is 11.9 Å². The molecule has 2 aromatic rings. The maximum absolute atomic E-state index is 13.2. The van der Waals surface area contributed by atoms with Crippen molar-refractivity contribution in [2.75, 3.05) is 32.8 Å². The first kappa shape index (κ1) is 26.7. The predicted octanol–water partition coefficient (Wildman–Crippen LogP) is 4.17. The van der Waals surface area contributed by atoms with E-state index in [-0.39, 0.29) is 29.7 Å². The van der Waals surface area contributed by atoms with E-state index < -0.39 is 5.97 Å². The lowest BCUT2D eigenvalue weighted by molar-refractivity contribution is -0.145. The molecule has 1 saturated heterocycles. The normalized spacial score (nSPS) is 21.5. The summed E-state index contributed by atoms with van der Waals surface area (Å²) >= 11 is 0. The molecule has 35 heavy (non-hydrogen) atoms. The molecule has 1 fully saturated rings. The van der Waals surface area contributed by atoms with E-state index in [1.165, 1.54) is 0 Å². The van der Waals surface area contributed by atoms with Gasteiger partial charge in [0.2, 0.25) is 5.91 Å². The van der Waals surface area contributed by atoms with Crippen LogP contribution in [-0.4, -0.2) is 54.7 Å². The van der Waals surface area contributed by atoms with Crippen molar-refractivity contribution < 1.29 is 19.4 Å². The minimum absolute atomic E-state index is 0.0351. The number of esters is 1. The van der Waals surface area contributed by atoms with Crippen LogP contribution in [0.2, 0.25) is 0 Å². The molecule has 2 aromatic carbocycles. The number of phenols is 1. The first-order valence-electron chi connectivity index (χ1n) is 12.7. The standard InChI is InChI=1S/C29H40N2O4/c1-21(2)20-35-27(33)17-30-28(34)24(15-23-9-6-5-7-10-23)19-31-14-13-29(4,22(3)18-31)25-11-8-12-26(32)16-25/h5-12,16,21-22,24,32H,13-15,17-20H2,1-4H3,(H,30,34)/t22-,24+,29?/m0/s1. The van der Waals surface area contributed by atoms with Crippen LogP contribution in [0.25, 0.3) is 0 Å². The van der Waals surface area contributed by atoms with Crippen LogP contribution < -0.4 is 5.32 Å². The Morgan fingerprint density at radius 2 is 1.91 bits per heavy atom. The quantitative estimate of drug-likeness (QED) is 0.499. The van der Waals surface area contributed by atoms with Crippen molar-refractivity contribution in [3.05, 3.63) is 65.7 Å². The number of phenolic OH excluding ortho intramolecular Hbond substituents is 1. The lowest BCUT2D eigenvalue weighted by Gasteiger charge is -2.45. The van der Waals surface area contributed by atoms with Gasteiger partial charge in [-0.05, 0) is 59.9 Å². The van der Waals surface area contributed by atoms with Gasteiger partial charge in [0.1, 0.15) is 12.3 Å². The van der Waals surface area contributed by atoms with Gasteiger partial charge >= 0.3 is 5.97 Å². The smallest absolute Gasteiger partial charge is 0.325 e. The highest BCUT2D eigenvalue weighted by molar-refractivity contribution is 5.83. The van der Waals surface area contributed by atoms with Crippen molar-refractivity contribution in [1.29, 1.82) is 0 Å². The van der Waals surface area contributed by atoms with Gasteiger partial charge in [-0.3, -0.25) is 9.59 Å². The average Bonchev–Trinajstić information content (AvgIpc) is 2.83. The Kier molecular flexibility index (Phi) is 9.33. The first-order valence-corrected chi connectivity index (χ1v) is 12.7. The van der Waals surface area contributed by atoms with Crippen LogP contribution >= 0.6 is 0 Å². The van der Waals surface area contributed by atoms with Gasteiger partial charge in [-0.25, -0.2) is 0 Å². The molecule has 0 saturated carbocycles. The van der Waals surface area contributed by atoms with Crippen molar-refractivity contribution in [3.8, 4) is 5.75 Å². The number of aromatic hydroxyl groups is 1. The molecule has 3 atom stereocenters. The van der Waals surface area contributed by atoms with Crippen LogP contribution in [0, 0.1) is 17.8 Å². The van der Waals surface area contributed by atoms with Gasteiger partial charge in [0.05, 0.1) is 12.5 Å².